The molecule has 1 aliphatic rings. The van der Waals surface area contributed by atoms with Gasteiger partial charge >= 0.3 is 6.09 Å². The average molecular weight is 301 g/mol. The van der Waals surface area contributed by atoms with E-state index in [0.717, 1.165) is 29.5 Å². The average Bonchev–Trinajstić information content (AvgIpc) is 3.28. The Labute approximate surface area is 127 Å². The molecule has 0 atom stereocenters. The first kappa shape index (κ1) is 14.4. The first-order valence-electron chi connectivity index (χ1n) is 7.00. The van der Waals surface area contributed by atoms with Gasteiger partial charge in [-0.2, -0.15) is 0 Å². The maximum atomic E-state index is 13.4. The third kappa shape index (κ3) is 2.62. The minimum atomic E-state index is -1.01. The summed E-state index contributed by atoms with van der Waals surface area (Å²) < 4.78 is 18.4. The van der Waals surface area contributed by atoms with E-state index in [0.29, 0.717) is 0 Å². The van der Waals surface area contributed by atoms with Crippen molar-refractivity contribution >= 4 is 6.09 Å². The van der Waals surface area contributed by atoms with E-state index in [2.05, 4.69) is 5.32 Å². The van der Waals surface area contributed by atoms with Crippen LogP contribution in [-0.2, 0) is 5.54 Å². The molecule has 0 heterocycles. The molecule has 22 heavy (non-hydrogen) atoms. The number of hydrogen-bond donors (Lipinski definition) is 2. The lowest BCUT2D eigenvalue weighted by molar-refractivity contribution is 0.188. The van der Waals surface area contributed by atoms with Crippen LogP contribution < -0.4 is 10.1 Å². The molecule has 0 saturated heterocycles. The van der Waals surface area contributed by atoms with Crippen LogP contribution in [0.2, 0.25) is 0 Å². The fraction of sp³-hybridized carbons (Fsp3) is 0.235. The highest BCUT2D eigenvalue weighted by molar-refractivity contribution is 5.68. The highest BCUT2D eigenvalue weighted by Gasteiger charge is 2.45. The molecule has 0 radical (unpaired) electrons. The van der Waals surface area contributed by atoms with E-state index in [9.17, 15) is 9.18 Å². The molecule has 1 aliphatic carbocycles. The minimum Gasteiger partial charge on any atom is -0.494 e. The van der Waals surface area contributed by atoms with Gasteiger partial charge in [0, 0.05) is 0 Å². The second-order valence-corrected chi connectivity index (χ2v) is 5.44. The van der Waals surface area contributed by atoms with Crippen molar-refractivity contribution in [3.05, 3.63) is 53.8 Å². The van der Waals surface area contributed by atoms with Crippen LogP contribution in [0.15, 0.2) is 42.5 Å². The zero-order valence-corrected chi connectivity index (χ0v) is 12.1. The normalized spacial score (nSPS) is 15.2. The molecule has 2 aromatic carbocycles. The first-order valence-corrected chi connectivity index (χ1v) is 7.00. The molecule has 4 nitrogen and oxygen atoms in total. The predicted molar refractivity (Wildman–Crippen MR) is 80.5 cm³/mol. The second-order valence-electron chi connectivity index (χ2n) is 5.44. The lowest BCUT2D eigenvalue weighted by atomic mass is 9.99. The maximum absolute atomic E-state index is 13.4. The summed E-state index contributed by atoms with van der Waals surface area (Å²) in [5, 5.41) is 11.5. The van der Waals surface area contributed by atoms with Gasteiger partial charge in [-0.05, 0) is 41.7 Å². The molecule has 0 spiro atoms. The topological polar surface area (TPSA) is 58.6 Å². The third-order valence-electron chi connectivity index (χ3n) is 4.02. The van der Waals surface area contributed by atoms with Crippen molar-refractivity contribution in [3.63, 3.8) is 0 Å². The number of amides is 1. The van der Waals surface area contributed by atoms with Crippen LogP contribution in [0.3, 0.4) is 0 Å². The molecule has 114 valence electrons. The summed E-state index contributed by atoms with van der Waals surface area (Å²) in [5.74, 6) is -0.196. The summed E-state index contributed by atoms with van der Waals surface area (Å²) in [5.41, 5.74) is 2.28. The smallest absolute Gasteiger partial charge is 0.405 e. The molecule has 1 amide bonds. The van der Waals surface area contributed by atoms with Gasteiger partial charge in [-0.15, -0.1) is 0 Å². The SMILES string of the molecule is COc1cc(-c2ccc(C3(NC(=O)O)CC3)cc2)ccc1F. The van der Waals surface area contributed by atoms with Gasteiger partial charge in [0.15, 0.2) is 11.6 Å². The van der Waals surface area contributed by atoms with Crippen molar-refractivity contribution < 1.29 is 19.0 Å². The van der Waals surface area contributed by atoms with Crippen LogP contribution in [0.25, 0.3) is 11.1 Å². The third-order valence-corrected chi connectivity index (χ3v) is 4.02. The monoisotopic (exact) mass is 301 g/mol. The van der Waals surface area contributed by atoms with Gasteiger partial charge < -0.3 is 15.2 Å². The molecule has 3 rings (SSSR count). The van der Waals surface area contributed by atoms with Gasteiger partial charge in [0.05, 0.1) is 12.6 Å². The number of benzene rings is 2. The van der Waals surface area contributed by atoms with Crippen LogP contribution in [0.5, 0.6) is 5.75 Å². The quantitative estimate of drug-likeness (QED) is 0.904. The number of carbonyl (C=O) groups is 1. The van der Waals surface area contributed by atoms with E-state index in [1.807, 2.05) is 24.3 Å². The molecule has 5 heteroatoms. The van der Waals surface area contributed by atoms with Gasteiger partial charge in [0.25, 0.3) is 0 Å². The van der Waals surface area contributed by atoms with E-state index >= 15 is 0 Å². The number of hydrogen-bond acceptors (Lipinski definition) is 2. The van der Waals surface area contributed by atoms with E-state index < -0.39 is 17.4 Å². The van der Waals surface area contributed by atoms with Crippen molar-refractivity contribution in [2.45, 2.75) is 18.4 Å². The standard InChI is InChI=1S/C17H16FNO3/c1-22-15-10-12(4-7-14(15)18)11-2-5-13(6-3-11)17(8-9-17)19-16(20)21/h2-7,10,19H,8-9H2,1H3,(H,20,21). The van der Waals surface area contributed by atoms with Gasteiger partial charge in [-0.1, -0.05) is 30.3 Å². The molecule has 2 aromatic rings. The summed E-state index contributed by atoms with van der Waals surface area (Å²) >= 11 is 0. The van der Waals surface area contributed by atoms with E-state index in [1.165, 1.54) is 13.2 Å². The number of carboxylic acid groups (broad SMARTS) is 1. The Balaban J connectivity index is 1.87. The maximum Gasteiger partial charge on any atom is 0.405 e. The molecule has 0 aromatic heterocycles. The van der Waals surface area contributed by atoms with Crippen LogP contribution in [0.4, 0.5) is 9.18 Å². The molecular weight excluding hydrogens is 285 g/mol. The van der Waals surface area contributed by atoms with Crippen LogP contribution in [0.1, 0.15) is 18.4 Å². The van der Waals surface area contributed by atoms with Crippen LogP contribution in [0, 0.1) is 5.82 Å². The molecule has 2 N–H and O–H groups in total. The number of rotatable bonds is 4. The van der Waals surface area contributed by atoms with Gasteiger partial charge in [-0.25, -0.2) is 9.18 Å². The van der Waals surface area contributed by atoms with E-state index in [4.69, 9.17) is 9.84 Å². The fourth-order valence-corrected chi connectivity index (χ4v) is 2.64. The van der Waals surface area contributed by atoms with Crippen LogP contribution in [-0.4, -0.2) is 18.3 Å². The molecule has 0 aliphatic heterocycles. The molecule has 1 fully saturated rings. The molecule has 0 unspecified atom stereocenters. The van der Waals surface area contributed by atoms with E-state index in [1.54, 1.807) is 12.1 Å². The Hall–Kier alpha value is -2.56. The summed E-state index contributed by atoms with van der Waals surface area (Å²) in [4.78, 5) is 10.9. The predicted octanol–water partition coefficient (Wildman–Crippen LogP) is 3.76. The van der Waals surface area contributed by atoms with E-state index in [-0.39, 0.29) is 5.75 Å². The lowest BCUT2D eigenvalue weighted by Crippen LogP contribution is -2.33. The van der Waals surface area contributed by atoms with Crippen molar-refractivity contribution in [2.24, 2.45) is 0 Å². The van der Waals surface area contributed by atoms with Gasteiger partial charge in [0.2, 0.25) is 0 Å². The Bertz CT molecular complexity index is 708. The summed E-state index contributed by atoms with van der Waals surface area (Å²) in [6.45, 7) is 0. The number of nitrogens with one attached hydrogen (secondary N) is 1. The molecule has 1 saturated carbocycles. The first-order chi connectivity index (χ1) is 10.5. The van der Waals surface area contributed by atoms with Crippen molar-refractivity contribution in [1.29, 1.82) is 0 Å². The summed E-state index contributed by atoms with van der Waals surface area (Å²) in [6.07, 6.45) is 0.608. The van der Waals surface area contributed by atoms with Crippen molar-refractivity contribution in [3.8, 4) is 16.9 Å². The Morgan fingerprint density at radius 3 is 2.36 bits per heavy atom. The molecule has 0 bridgehead atoms. The minimum absolute atomic E-state index is 0.202. The lowest BCUT2D eigenvalue weighted by Gasteiger charge is -2.16. The number of ether oxygens (including phenoxy) is 1. The van der Waals surface area contributed by atoms with Crippen molar-refractivity contribution in [1.82, 2.24) is 5.32 Å². The summed E-state index contributed by atoms with van der Waals surface area (Å²) in [7, 11) is 1.43. The highest BCUT2D eigenvalue weighted by Crippen LogP contribution is 2.45. The number of halogens is 1. The zero-order valence-electron chi connectivity index (χ0n) is 12.1. The zero-order chi connectivity index (χ0) is 15.7. The van der Waals surface area contributed by atoms with Crippen molar-refractivity contribution in [2.75, 3.05) is 7.11 Å². The Morgan fingerprint density at radius 1 is 1.18 bits per heavy atom. The van der Waals surface area contributed by atoms with Gasteiger partial charge in [0.1, 0.15) is 0 Å². The Morgan fingerprint density at radius 2 is 1.82 bits per heavy atom. The van der Waals surface area contributed by atoms with Gasteiger partial charge in [-0.3, -0.25) is 0 Å². The fourth-order valence-electron chi connectivity index (χ4n) is 2.64. The number of methoxy groups -OCH3 is 1. The Kier molecular flexibility index (Phi) is 3.48. The summed E-state index contributed by atoms with van der Waals surface area (Å²) in [6, 6.07) is 12.3. The highest BCUT2D eigenvalue weighted by atomic mass is 19.1. The molecular formula is C17H16FNO3. The largest absolute Gasteiger partial charge is 0.494 e. The van der Waals surface area contributed by atoms with Crippen LogP contribution >= 0.6 is 0 Å². The second kappa shape index (κ2) is 5.33.